The number of hydrogen-bond acceptors (Lipinski definition) is 4. The lowest BCUT2D eigenvalue weighted by atomic mass is 10.1. The zero-order valence-corrected chi connectivity index (χ0v) is 12.9. The van der Waals surface area contributed by atoms with Gasteiger partial charge in [-0.25, -0.2) is 8.42 Å². The molecule has 2 rings (SSSR count). The monoisotopic (exact) mass is 310 g/mol. The number of anilines is 1. The molecule has 0 fully saturated rings. The first-order valence-electron chi connectivity index (χ1n) is 6.40. The molecular formula is C14H18N2O2S2. The fourth-order valence-electron chi connectivity index (χ4n) is 1.84. The number of sulfonamides is 1. The molecule has 0 unspecified atom stereocenters. The van der Waals surface area contributed by atoms with E-state index < -0.39 is 10.0 Å². The molecule has 2 N–H and O–H groups in total. The van der Waals surface area contributed by atoms with Crippen LogP contribution in [0.25, 0.3) is 0 Å². The molecule has 0 aliphatic heterocycles. The summed E-state index contributed by atoms with van der Waals surface area (Å²) >= 11 is 1.46. The summed E-state index contributed by atoms with van der Waals surface area (Å²) in [5, 5.41) is 6.70. The van der Waals surface area contributed by atoms with E-state index in [4.69, 9.17) is 0 Å². The van der Waals surface area contributed by atoms with Crippen LogP contribution in [0, 0.1) is 0 Å². The van der Waals surface area contributed by atoms with Gasteiger partial charge in [-0.2, -0.15) is 11.3 Å². The minimum absolute atomic E-state index is 0.293. The molecule has 0 aliphatic carbocycles. The molecule has 0 saturated heterocycles. The summed E-state index contributed by atoms with van der Waals surface area (Å²) in [6, 6.07) is 8.80. The van der Waals surface area contributed by atoms with Gasteiger partial charge in [0.05, 0.1) is 10.6 Å². The first-order valence-corrected chi connectivity index (χ1v) is 8.83. The minimum Gasteiger partial charge on any atom is -0.320 e. The van der Waals surface area contributed by atoms with Crippen LogP contribution < -0.4 is 10.0 Å². The van der Waals surface area contributed by atoms with Crippen molar-refractivity contribution in [2.45, 2.75) is 17.7 Å². The topological polar surface area (TPSA) is 58.2 Å². The highest BCUT2D eigenvalue weighted by Crippen LogP contribution is 2.19. The van der Waals surface area contributed by atoms with E-state index in [9.17, 15) is 8.42 Å². The van der Waals surface area contributed by atoms with Gasteiger partial charge in [0.1, 0.15) is 0 Å². The van der Waals surface area contributed by atoms with Gasteiger partial charge in [-0.1, -0.05) is 12.1 Å². The summed E-state index contributed by atoms with van der Waals surface area (Å²) in [6.45, 7) is 0.958. The van der Waals surface area contributed by atoms with Gasteiger partial charge < -0.3 is 5.32 Å². The van der Waals surface area contributed by atoms with Crippen LogP contribution in [-0.2, 0) is 16.4 Å². The average molecular weight is 310 g/mol. The lowest BCUT2D eigenvalue weighted by Crippen LogP contribution is -2.12. The Morgan fingerprint density at radius 3 is 2.50 bits per heavy atom. The van der Waals surface area contributed by atoms with Crippen LogP contribution in [0.15, 0.2) is 46.0 Å². The fraction of sp³-hybridized carbons (Fsp3) is 0.286. The summed E-state index contributed by atoms with van der Waals surface area (Å²) in [7, 11) is -1.56. The number of nitrogens with one attached hydrogen (secondary N) is 2. The van der Waals surface area contributed by atoms with Crippen LogP contribution in [0.4, 0.5) is 5.69 Å². The van der Waals surface area contributed by atoms with E-state index in [0.29, 0.717) is 10.6 Å². The number of hydrogen-bond donors (Lipinski definition) is 2. The molecule has 6 heteroatoms. The molecule has 0 aliphatic rings. The summed E-state index contributed by atoms with van der Waals surface area (Å²) < 4.78 is 26.9. The standard InChI is InChI=1S/C14H18N2O2S2/c1-15-9-2-3-12-4-6-14(7-5-12)20(17,18)16-13-8-10-19-11-13/h4-8,10-11,15-16H,2-3,9H2,1H3. The maximum absolute atomic E-state index is 12.2. The maximum Gasteiger partial charge on any atom is 0.261 e. The van der Waals surface area contributed by atoms with Crippen molar-refractivity contribution in [3.63, 3.8) is 0 Å². The van der Waals surface area contributed by atoms with Crippen LogP contribution in [0.3, 0.4) is 0 Å². The maximum atomic E-state index is 12.2. The van der Waals surface area contributed by atoms with Gasteiger partial charge >= 0.3 is 0 Å². The molecule has 0 atom stereocenters. The Hall–Kier alpha value is -1.37. The second-order valence-electron chi connectivity index (χ2n) is 4.47. The number of aryl methyl sites for hydroxylation is 1. The normalized spacial score (nSPS) is 11.4. The first kappa shape index (κ1) is 15.0. The molecule has 0 amide bonds. The van der Waals surface area contributed by atoms with Crippen LogP contribution in [0.5, 0.6) is 0 Å². The van der Waals surface area contributed by atoms with Gasteiger partial charge in [0.25, 0.3) is 10.0 Å². The van der Waals surface area contributed by atoms with E-state index in [1.807, 2.05) is 24.6 Å². The van der Waals surface area contributed by atoms with Gasteiger partial charge in [-0.05, 0) is 55.6 Å². The second kappa shape index (κ2) is 6.88. The minimum atomic E-state index is -3.48. The highest BCUT2D eigenvalue weighted by atomic mass is 32.2. The molecule has 108 valence electrons. The predicted octanol–water partition coefficient (Wildman–Crippen LogP) is 2.70. The Balaban J connectivity index is 2.05. The van der Waals surface area contributed by atoms with Crippen molar-refractivity contribution in [3.8, 4) is 0 Å². The Kier molecular flexibility index (Phi) is 5.17. The Bertz CT molecular complexity index is 620. The van der Waals surface area contributed by atoms with E-state index in [1.165, 1.54) is 11.3 Å². The molecule has 20 heavy (non-hydrogen) atoms. The molecule has 0 spiro atoms. The molecule has 1 aromatic carbocycles. The zero-order chi connectivity index (χ0) is 14.4. The molecule has 0 bridgehead atoms. The number of benzene rings is 1. The van der Waals surface area contributed by atoms with Crippen molar-refractivity contribution >= 4 is 27.0 Å². The third-order valence-electron chi connectivity index (χ3n) is 2.90. The number of thiophene rings is 1. The highest BCUT2D eigenvalue weighted by Gasteiger charge is 2.13. The lowest BCUT2D eigenvalue weighted by molar-refractivity contribution is 0.601. The van der Waals surface area contributed by atoms with Crippen molar-refractivity contribution < 1.29 is 8.42 Å². The summed E-state index contributed by atoms with van der Waals surface area (Å²) in [5.41, 5.74) is 1.75. The van der Waals surface area contributed by atoms with Gasteiger partial charge in [0, 0.05) is 5.38 Å². The molecule has 1 aromatic heterocycles. The Morgan fingerprint density at radius 1 is 1.15 bits per heavy atom. The van der Waals surface area contributed by atoms with E-state index in [-0.39, 0.29) is 0 Å². The van der Waals surface area contributed by atoms with Gasteiger partial charge in [0.15, 0.2) is 0 Å². The quantitative estimate of drug-likeness (QED) is 0.773. The van der Waals surface area contributed by atoms with E-state index >= 15 is 0 Å². The summed E-state index contributed by atoms with van der Waals surface area (Å²) in [6.07, 6.45) is 1.98. The average Bonchev–Trinajstić information content (AvgIpc) is 2.92. The SMILES string of the molecule is CNCCCc1ccc(S(=O)(=O)Nc2ccsc2)cc1. The predicted molar refractivity (Wildman–Crippen MR) is 83.8 cm³/mol. The van der Waals surface area contributed by atoms with Crippen molar-refractivity contribution in [3.05, 3.63) is 46.7 Å². The molecule has 0 radical (unpaired) electrons. The summed E-state index contributed by atoms with van der Waals surface area (Å²) in [5.74, 6) is 0. The Labute approximate surface area is 123 Å². The number of rotatable bonds is 7. The molecule has 1 heterocycles. The third kappa shape index (κ3) is 4.06. The largest absolute Gasteiger partial charge is 0.320 e. The highest BCUT2D eigenvalue weighted by molar-refractivity contribution is 7.92. The van der Waals surface area contributed by atoms with Crippen molar-refractivity contribution in [1.29, 1.82) is 0 Å². The van der Waals surface area contributed by atoms with Crippen LogP contribution >= 0.6 is 11.3 Å². The van der Waals surface area contributed by atoms with Crippen molar-refractivity contribution in [2.24, 2.45) is 0 Å². The van der Waals surface area contributed by atoms with Crippen LogP contribution in [-0.4, -0.2) is 22.0 Å². The van der Waals surface area contributed by atoms with E-state index in [0.717, 1.165) is 24.9 Å². The van der Waals surface area contributed by atoms with E-state index in [2.05, 4.69) is 10.0 Å². The molecule has 0 saturated carbocycles. The smallest absolute Gasteiger partial charge is 0.261 e. The molecule has 2 aromatic rings. The first-order chi connectivity index (χ1) is 9.62. The second-order valence-corrected chi connectivity index (χ2v) is 6.93. The van der Waals surface area contributed by atoms with Crippen LogP contribution in [0.2, 0.25) is 0 Å². The van der Waals surface area contributed by atoms with Crippen molar-refractivity contribution in [2.75, 3.05) is 18.3 Å². The van der Waals surface area contributed by atoms with E-state index in [1.54, 1.807) is 23.6 Å². The third-order valence-corrected chi connectivity index (χ3v) is 4.98. The molecular weight excluding hydrogens is 292 g/mol. The fourth-order valence-corrected chi connectivity index (χ4v) is 3.55. The molecule has 4 nitrogen and oxygen atoms in total. The zero-order valence-electron chi connectivity index (χ0n) is 11.3. The van der Waals surface area contributed by atoms with Crippen molar-refractivity contribution in [1.82, 2.24) is 5.32 Å². The van der Waals surface area contributed by atoms with Gasteiger partial charge in [-0.3, -0.25) is 4.72 Å². The Morgan fingerprint density at radius 2 is 1.90 bits per heavy atom. The van der Waals surface area contributed by atoms with Crippen LogP contribution in [0.1, 0.15) is 12.0 Å². The lowest BCUT2D eigenvalue weighted by Gasteiger charge is -2.07. The summed E-state index contributed by atoms with van der Waals surface area (Å²) in [4.78, 5) is 0.293. The van der Waals surface area contributed by atoms with Gasteiger partial charge in [-0.15, -0.1) is 0 Å². The van der Waals surface area contributed by atoms with Gasteiger partial charge in [0.2, 0.25) is 0 Å².